The first-order valence-electron chi connectivity index (χ1n) is 4.89. The standard InChI is InChI=1S/C10H12F3NO3/c1-2-16-9-7(5-15)3-4-8(14-9)17-6-10(11,12)13/h3-4,15H,2,5-6H2,1H3. The Bertz CT molecular complexity index is 368. The summed E-state index contributed by atoms with van der Waals surface area (Å²) in [6.07, 6.45) is -4.41. The maximum absolute atomic E-state index is 11.9. The summed E-state index contributed by atoms with van der Waals surface area (Å²) >= 11 is 0. The minimum atomic E-state index is -4.41. The summed E-state index contributed by atoms with van der Waals surface area (Å²) in [5.74, 6) is -0.113. The third-order valence-corrected chi connectivity index (χ3v) is 1.75. The van der Waals surface area contributed by atoms with Crippen LogP contribution in [0.15, 0.2) is 12.1 Å². The molecule has 1 aromatic heterocycles. The molecule has 0 spiro atoms. The van der Waals surface area contributed by atoms with Crippen LogP contribution < -0.4 is 9.47 Å². The van der Waals surface area contributed by atoms with E-state index in [0.717, 1.165) is 0 Å². The van der Waals surface area contributed by atoms with Crippen molar-refractivity contribution in [1.82, 2.24) is 4.98 Å². The second-order valence-electron chi connectivity index (χ2n) is 3.11. The normalized spacial score (nSPS) is 11.4. The predicted molar refractivity (Wildman–Crippen MR) is 52.9 cm³/mol. The molecule has 7 heteroatoms. The van der Waals surface area contributed by atoms with Crippen LogP contribution in [0.5, 0.6) is 11.8 Å². The molecule has 0 saturated heterocycles. The quantitative estimate of drug-likeness (QED) is 0.868. The van der Waals surface area contributed by atoms with Gasteiger partial charge in [-0.05, 0) is 13.0 Å². The molecule has 0 saturated carbocycles. The highest BCUT2D eigenvalue weighted by Gasteiger charge is 2.28. The van der Waals surface area contributed by atoms with E-state index in [1.54, 1.807) is 6.92 Å². The molecule has 0 fully saturated rings. The lowest BCUT2D eigenvalue weighted by molar-refractivity contribution is -0.154. The molecule has 17 heavy (non-hydrogen) atoms. The Morgan fingerprint density at radius 3 is 2.53 bits per heavy atom. The molecule has 0 radical (unpaired) electrons. The molecular formula is C10H12F3NO3. The first kappa shape index (κ1) is 13.6. The molecule has 1 N–H and O–H groups in total. The lowest BCUT2D eigenvalue weighted by Crippen LogP contribution is -2.19. The Kier molecular flexibility index (Phi) is 4.56. The first-order chi connectivity index (χ1) is 7.96. The number of nitrogens with zero attached hydrogens (tertiary/aromatic N) is 1. The smallest absolute Gasteiger partial charge is 0.422 e. The van der Waals surface area contributed by atoms with Crippen molar-refractivity contribution in [1.29, 1.82) is 0 Å². The van der Waals surface area contributed by atoms with Crippen molar-refractivity contribution in [3.05, 3.63) is 17.7 Å². The summed E-state index contributed by atoms with van der Waals surface area (Å²) in [5.41, 5.74) is 0.395. The molecule has 0 aliphatic heterocycles. The zero-order valence-electron chi connectivity index (χ0n) is 9.12. The summed E-state index contributed by atoms with van der Waals surface area (Å²) in [5, 5.41) is 8.95. The molecular weight excluding hydrogens is 239 g/mol. The van der Waals surface area contributed by atoms with Crippen molar-refractivity contribution in [3.8, 4) is 11.8 Å². The van der Waals surface area contributed by atoms with Crippen molar-refractivity contribution in [2.75, 3.05) is 13.2 Å². The maximum Gasteiger partial charge on any atom is 0.422 e. The van der Waals surface area contributed by atoms with Gasteiger partial charge in [0.05, 0.1) is 13.2 Å². The van der Waals surface area contributed by atoms with Crippen molar-refractivity contribution < 1.29 is 27.8 Å². The summed E-state index contributed by atoms with van der Waals surface area (Å²) in [6.45, 7) is 0.278. The predicted octanol–water partition coefficient (Wildman–Crippen LogP) is 1.91. The Labute approximate surface area is 96.0 Å². The lowest BCUT2D eigenvalue weighted by atomic mass is 10.3. The van der Waals surface area contributed by atoms with E-state index in [9.17, 15) is 13.2 Å². The van der Waals surface area contributed by atoms with E-state index in [-0.39, 0.29) is 18.4 Å². The number of aliphatic hydroxyl groups is 1. The summed E-state index contributed by atoms with van der Waals surface area (Å²) < 4.78 is 45.3. The number of pyridine rings is 1. The van der Waals surface area contributed by atoms with Gasteiger partial charge in [0.15, 0.2) is 6.61 Å². The van der Waals surface area contributed by atoms with Crippen LogP contribution in [0.1, 0.15) is 12.5 Å². The van der Waals surface area contributed by atoms with Gasteiger partial charge in [-0.25, -0.2) is 0 Å². The van der Waals surface area contributed by atoms with E-state index >= 15 is 0 Å². The highest BCUT2D eigenvalue weighted by atomic mass is 19.4. The molecule has 0 amide bonds. The molecule has 0 aromatic carbocycles. The number of alkyl halides is 3. The third kappa shape index (κ3) is 4.48. The number of hydrogen-bond acceptors (Lipinski definition) is 4. The minimum absolute atomic E-state index is 0.0784. The van der Waals surface area contributed by atoms with Gasteiger partial charge in [0.1, 0.15) is 0 Å². The summed E-state index contributed by atoms with van der Waals surface area (Å²) in [7, 11) is 0. The monoisotopic (exact) mass is 251 g/mol. The van der Waals surface area contributed by atoms with Gasteiger partial charge in [0, 0.05) is 11.6 Å². The van der Waals surface area contributed by atoms with Crippen LogP contribution in [0.25, 0.3) is 0 Å². The van der Waals surface area contributed by atoms with Crippen LogP contribution in [-0.2, 0) is 6.61 Å². The number of halogens is 3. The second-order valence-corrected chi connectivity index (χ2v) is 3.11. The zero-order valence-corrected chi connectivity index (χ0v) is 9.12. The van der Waals surface area contributed by atoms with Crippen LogP contribution in [0.3, 0.4) is 0 Å². The highest BCUT2D eigenvalue weighted by Crippen LogP contribution is 2.22. The molecule has 0 aliphatic rings. The maximum atomic E-state index is 11.9. The van der Waals surface area contributed by atoms with E-state index in [4.69, 9.17) is 9.84 Å². The zero-order chi connectivity index (χ0) is 12.9. The van der Waals surface area contributed by atoms with E-state index in [1.807, 2.05) is 0 Å². The van der Waals surface area contributed by atoms with Gasteiger partial charge in [0.2, 0.25) is 11.8 Å². The van der Waals surface area contributed by atoms with Gasteiger partial charge in [0.25, 0.3) is 0 Å². The average Bonchev–Trinajstić information content (AvgIpc) is 2.26. The highest BCUT2D eigenvalue weighted by molar-refractivity contribution is 5.30. The first-order valence-corrected chi connectivity index (χ1v) is 4.89. The van der Waals surface area contributed by atoms with Gasteiger partial charge in [-0.2, -0.15) is 18.2 Å². The van der Waals surface area contributed by atoms with Crippen LogP contribution in [-0.4, -0.2) is 29.5 Å². The van der Waals surface area contributed by atoms with E-state index in [1.165, 1.54) is 12.1 Å². The number of ether oxygens (including phenoxy) is 2. The molecule has 0 aliphatic carbocycles. The molecule has 0 unspecified atom stereocenters. The SMILES string of the molecule is CCOc1nc(OCC(F)(F)F)ccc1CO. The van der Waals surface area contributed by atoms with E-state index in [0.29, 0.717) is 12.2 Å². The van der Waals surface area contributed by atoms with E-state index < -0.39 is 12.8 Å². The van der Waals surface area contributed by atoms with Crippen molar-refractivity contribution >= 4 is 0 Å². The molecule has 1 heterocycles. The fourth-order valence-corrected chi connectivity index (χ4v) is 1.07. The number of aromatic nitrogens is 1. The van der Waals surface area contributed by atoms with Gasteiger partial charge >= 0.3 is 6.18 Å². The van der Waals surface area contributed by atoms with Crippen LogP contribution >= 0.6 is 0 Å². The number of rotatable bonds is 5. The van der Waals surface area contributed by atoms with Crippen molar-refractivity contribution in [3.63, 3.8) is 0 Å². The van der Waals surface area contributed by atoms with Gasteiger partial charge in [-0.1, -0.05) is 0 Å². The topological polar surface area (TPSA) is 51.6 Å². The molecule has 96 valence electrons. The van der Waals surface area contributed by atoms with Gasteiger partial charge in [-0.15, -0.1) is 0 Å². The fraction of sp³-hybridized carbons (Fsp3) is 0.500. The van der Waals surface area contributed by atoms with Crippen LogP contribution in [0.4, 0.5) is 13.2 Å². The second kappa shape index (κ2) is 5.72. The molecule has 1 rings (SSSR count). The Hall–Kier alpha value is -1.50. The minimum Gasteiger partial charge on any atom is -0.478 e. The van der Waals surface area contributed by atoms with Crippen LogP contribution in [0, 0.1) is 0 Å². The number of aliphatic hydroxyl groups excluding tert-OH is 1. The van der Waals surface area contributed by atoms with Gasteiger partial charge in [-0.3, -0.25) is 0 Å². The molecule has 4 nitrogen and oxygen atoms in total. The summed E-state index contributed by atoms with van der Waals surface area (Å²) in [4.78, 5) is 3.73. The fourth-order valence-electron chi connectivity index (χ4n) is 1.07. The molecule has 1 aromatic rings. The largest absolute Gasteiger partial charge is 0.478 e. The van der Waals surface area contributed by atoms with Crippen molar-refractivity contribution in [2.45, 2.75) is 19.7 Å². The Morgan fingerprint density at radius 2 is 2.00 bits per heavy atom. The van der Waals surface area contributed by atoms with E-state index in [2.05, 4.69) is 9.72 Å². The molecule has 0 atom stereocenters. The van der Waals surface area contributed by atoms with Crippen LogP contribution in [0.2, 0.25) is 0 Å². The Morgan fingerprint density at radius 1 is 1.29 bits per heavy atom. The van der Waals surface area contributed by atoms with Crippen molar-refractivity contribution in [2.24, 2.45) is 0 Å². The lowest BCUT2D eigenvalue weighted by Gasteiger charge is -2.11. The average molecular weight is 251 g/mol. The number of hydrogen-bond donors (Lipinski definition) is 1. The Balaban J connectivity index is 2.77. The third-order valence-electron chi connectivity index (χ3n) is 1.75. The molecule has 0 bridgehead atoms. The van der Waals surface area contributed by atoms with Gasteiger partial charge < -0.3 is 14.6 Å². The summed E-state index contributed by atoms with van der Waals surface area (Å²) in [6, 6.07) is 2.66.